The standard InChI is InChI=1S/C11H15BrN4O2S/c1-19(17,18)14-5-2-6-16-10-4-3-8(12)7-9(10)15-11(16)13/h3-4,7,14H,2,5-6H2,1H3,(H2,13,15). The topological polar surface area (TPSA) is 90.0 Å². The van der Waals surface area contributed by atoms with Crippen molar-refractivity contribution in [2.75, 3.05) is 18.5 Å². The second-order valence-electron chi connectivity index (χ2n) is 4.27. The molecule has 6 nitrogen and oxygen atoms in total. The Morgan fingerprint density at radius 1 is 1.47 bits per heavy atom. The molecule has 0 amide bonds. The van der Waals surface area contributed by atoms with Crippen LogP contribution in [0.2, 0.25) is 0 Å². The van der Waals surface area contributed by atoms with Gasteiger partial charge in [0.05, 0.1) is 17.3 Å². The van der Waals surface area contributed by atoms with Crippen LogP contribution in [0.5, 0.6) is 0 Å². The largest absolute Gasteiger partial charge is 0.369 e. The SMILES string of the molecule is CS(=O)(=O)NCCCn1c(N)nc2cc(Br)ccc21. The van der Waals surface area contributed by atoms with E-state index in [1.54, 1.807) is 0 Å². The summed E-state index contributed by atoms with van der Waals surface area (Å²) in [6.07, 6.45) is 1.80. The van der Waals surface area contributed by atoms with Crippen LogP contribution in [0.25, 0.3) is 11.0 Å². The number of anilines is 1. The van der Waals surface area contributed by atoms with Crippen molar-refractivity contribution in [3.8, 4) is 0 Å². The minimum atomic E-state index is -3.14. The van der Waals surface area contributed by atoms with E-state index in [1.807, 2.05) is 22.8 Å². The monoisotopic (exact) mass is 346 g/mol. The molecule has 2 rings (SSSR count). The molecule has 3 N–H and O–H groups in total. The van der Waals surface area contributed by atoms with Gasteiger partial charge in [0.2, 0.25) is 16.0 Å². The summed E-state index contributed by atoms with van der Waals surface area (Å²) in [7, 11) is -3.14. The highest BCUT2D eigenvalue weighted by atomic mass is 79.9. The highest BCUT2D eigenvalue weighted by Crippen LogP contribution is 2.22. The van der Waals surface area contributed by atoms with Crippen molar-refractivity contribution in [3.63, 3.8) is 0 Å². The number of nitrogens with two attached hydrogens (primary N) is 1. The van der Waals surface area contributed by atoms with Gasteiger partial charge in [-0.25, -0.2) is 18.1 Å². The molecule has 19 heavy (non-hydrogen) atoms. The van der Waals surface area contributed by atoms with Crippen molar-refractivity contribution in [1.82, 2.24) is 14.3 Å². The van der Waals surface area contributed by atoms with Crippen molar-refractivity contribution in [2.45, 2.75) is 13.0 Å². The lowest BCUT2D eigenvalue weighted by Gasteiger charge is -2.06. The molecule has 104 valence electrons. The summed E-state index contributed by atoms with van der Waals surface area (Å²) < 4.78 is 27.2. The first-order chi connectivity index (χ1) is 8.87. The minimum Gasteiger partial charge on any atom is -0.369 e. The number of aryl methyl sites for hydroxylation is 1. The molecule has 1 heterocycles. The zero-order valence-electron chi connectivity index (χ0n) is 10.4. The van der Waals surface area contributed by atoms with Gasteiger partial charge in [0.25, 0.3) is 0 Å². The molecule has 0 radical (unpaired) electrons. The van der Waals surface area contributed by atoms with E-state index >= 15 is 0 Å². The van der Waals surface area contributed by atoms with Gasteiger partial charge in [0.1, 0.15) is 0 Å². The number of fused-ring (bicyclic) bond motifs is 1. The number of sulfonamides is 1. The molecule has 1 aromatic carbocycles. The molecule has 0 unspecified atom stereocenters. The number of aromatic nitrogens is 2. The van der Waals surface area contributed by atoms with Gasteiger partial charge in [-0.1, -0.05) is 15.9 Å². The number of halogens is 1. The Hall–Kier alpha value is -1.12. The Balaban J connectivity index is 2.10. The summed E-state index contributed by atoms with van der Waals surface area (Å²) in [4.78, 5) is 4.27. The quantitative estimate of drug-likeness (QED) is 0.799. The third kappa shape index (κ3) is 3.68. The molecule has 0 aliphatic heterocycles. The predicted molar refractivity (Wildman–Crippen MR) is 79.3 cm³/mol. The highest BCUT2D eigenvalue weighted by Gasteiger charge is 2.08. The van der Waals surface area contributed by atoms with Crippen LogP contribution in [0.3, 0.4) is 0 Å². The predicted octanol–water partition coefficient (Wildman–Crippen LogP) is 1.32. The molecule has 0 fully saturated rings. The smallest absolute Gasteiger partial charge is 0.208 e. The van der Waals surface area contributed by atoms with E-state index in [0.29, 0.717) is 25.5 Å². The first kappa shape index (κ1) is 14.3. The minimum absolute atomic E-state index is 0.383. The van der Waals surface area contributed by atoms with Crippen molar-refractivity contribution in [3.05, 3.63) is 22.7 Å². The Morgan fingerprint density at radius 2 is 2.21 bits per heavy atom. The van der Waals surface area contributed by atoms with Crippen LogP contribution in [0.1, 0.15) is 6.42 Å². The Labute approximate surface area is 120 Å². The van der Waals surface area contributed by atoms with Crippen LogP contribution in [-0.4, -0.2) is 30.8 Å². The lowest BCUT2D eigenvalue weighted by Crippen LogP contribution is -2.24. The van der Waals surface area contributed by atoms with E-state index in [0.717, 1.165) is 21.8 Å². The molecular formula is C11H15BrN4O2S. The summed E-state index contributed by atoms with van der Waals surface area (Å²) in [5.74, 6) is 0.437. The molecule has 2 aromatic rings. The number of imidazole rings is 1. The number of hydrogen-bond donors (Lipinski definition) is 2. The maximum Gasteiger partial charge on any atom is 0.208 e. The lowest BCUT2D eigenvalue weighted by atomic mass is 10.3. The Morgan fingerprint density at radius 3 is 2.89 bits per heavy atom. The summed E-state index contributed by atoms with van der Waals surface area (Å²) in [6, 6.07) is 5.76. The van der Waals surface area contributed by atoms with Crippen LogP contribution < -0.4 is 10.5 Å². The number of rotatable bonds is 5. The first-order valence-corrected chi connectivity index (χ1v) is 8.41. The maximum atomic E-state index is 10.9. The molecular weight excluding hydrogens is 332 g/mol. The number of nitrogens with zero attached hydrogens (tertiary/aromatic N) is 2. The van der Waals surface area contributed by atoms with Crippen LogP contribution in [0.4, 0.5) is 5.95 Å². The summed E-state index contributed by atoms with van der Waals surface area (Å²) in [5.41, 5.74) is 7.64. The van der Waals surface area contributed by atoms with Crippen molar-refractivity contribution in [1.29, 1.82) is 0 Å². The average molecular weight is 347 g/mol. The normalized spacial score (nSPS) is 12.1. The van der Waals surface area contributed by atoms with Gasteiger partial charge in [-0.3, -0.25) is 0 Å². The van der Waals surface area contributed by atoms with Gasteiger partial charge >= 0.3 is 0 Å². The van der Waals surface area contributed by atoms with Crippen LogP contribution in [0, 0.1) is 0 Å². The molecule has 1 aromatic heterocycles. The number of nitrogens with one attached hydrogen (secondary N) is 1. The highest BCUT2D eigenvalue weighted by molar-refractivity contribution is 9.10. The fraction of sp³-hybridized carbons (Fsp3) is 0.364. The van der Waals surface area contributed by atoms with Gasteiger partial charge < -0.3 is 10.3 Å². The molecule has 0 spiro atoms. The zero-order chi connectivity index (χ0) is 14.0. The van der Waals surface area contributed by atoms with E-state index in [1.165, 1.54) is 0 Å². The Kier molecular flexibility index (Phi) is 4.12. The summed E-state index contributed by atoms with van der Waals surface area (Å²) in [6.45, 7) is 1.00. The first-order valence-electron chi connectivity index (χ1n) is 5.73. The summed E-state index contributed by atoms with van der Waals surface area (Å²) in [5, 5.41) is 0. The number of benzene rings is 1. The van der Waals surface area contributed by atoms with E-state index in [2.05, 4.69) is 25.6 Å². The van der Waals surface area contributed by atoms with Crippen LogP contribution in [-0.2, 0) is 16.6 Å². The van der Waals surface area contributed by atoms with Crippen LogP contribution >= 0.6 is 15.9 Å². The van der Waals surface area contributed by atoms with E-state index in [-0.39, 0.29) is 0 Å². The molecule has 0 aliphatic carbocycles. The van der Waals surface area contributed by atoms with Crippen molar-refractivity contribution >= 4 is 42.9 Å². The molecule has 8 heteroatoms. The second-order valence-corrected chi connectivity index (χ2v) is 7.02. The fourth-order valence-corrected chi connectivity index (χ4v) is 2.72. The van der Waals surface area contributed by atoms with E-state index in [9.17, 15) is 8.42 Å². The van der Waals surface area contributed by atoms with Gasteiger partial charge in [0, 0.05) is 17.6 Å². The van der Waals surface area contributed by atoms with Gasteiger partial charge in [0.15, 0.2) is 0 Å². The molecule has 0 atom stereocenters. The zero-order valence-corrected chi connectivity index (χ0v) is 12.8. The van der Waals surface area contributed by atoms with Crippen LogP contribution in [0.15, 0.2) is 22.7 Å². The third-order valence-electron chi connectivity index (χ3n) is 2.66. The van der Waals surface area contributed by atoms with E-state index < -0.39 is 10.0 Å². The van der Waals surface area contributed by atoms with E-state index in [4.69, 9.17) is 5.73 Å². The average Bonchev–Trinajstić information content (AvgIpc) is 2.58. The van der Waals surface area contributed by atoms with Crippen molar-refractivity contribution < 1.29 is 8.42 Å². The molecule has 0 saturated carbocycles. The molecule has 0 aliphatic rings. The third-order valence-corrected chi connectivity index (χ3v) is 3.88. The number of nitrogen functional groups attached to an aromatic ring is 1. The Bertz CT molecular complexity index is 696. The number of hydrogen-bond acceptors (Lipinski definition) is 4. The molecule has 0 saturated heterocycles. The summed E-state index contributed by atoms with van der Waals surface area (Å²) >= 11 is 3.39. The maximum absolute atomic E-state index is 10.9. The van der Waals surface area contributed by atoms with Gasteiger partial charge in [-0.2, -0.15) is 0 Å². The fourth-order valence-electron chi connectivity index (χ4n) is 1.85. The van der Waals surface area contributed by atoms with Gasteiger partial charge in [-0.05, 0) is 24.6 Å². The second kappa shape index (κ2) is 5.48. The lowest BCUT2D eigenvalue weighted by molar-refractivity contribution is 0.578. The molecule has 0 bridgehead atoms. The van der Waals surface area contributed by atoms with Crippen molar-refractivity contribution in [2.24, 2.45) is 0 Å². The van der Waals surface area contributed by atoms with Gasteiger partial charge in [-0.15, -0.1) is 0 Å².